The van der Waals surface area contributed by atoms with E-state index in [0.717, 1.165) is 26.0 Å². The molecule has 0 aromatic carbocycles. The highest BCUT2D eigenvalue weighted by molar-refractivity contribution is 4.98. The lowest BCUT2D eigenvalue weighted by molar-refractivity contribution is -0.0829. The van der Waals surface area contributed by atoms with Crippen molar-refractivity contribution in [1.82, 2.24) is 9.80 Å². The van der Waals surface area contributed by atoms with E-state index in [9.17, 15) is 0 Å². The molecular formula is C16H33N3O. The van der Waals surface area contributed by atoms with Crippen LogP contribution >= 0.6 is 0 Å². The number of nitrogens with zero attached hydrogens (tertiary/aromatic N) is 2. The molecule has 0 amide bonds. The first-order chi connectivity index (χ1) is 9.61. The van der Waals surface area contributed by atoms with E-state index < -0.39 is 0 Å². The van der Waals surface area contributed by atoms with E-state index in [2.05, 4.69) is 30.8 Å². The van der Waals surface area contributed by atoms with Gasteiger partial charge in [-0.25, -0.2) is 0 Å². The normalized spacial score (nSPS) is 33.8. The third-order valence-electron chi connectivity index (χ3n) is 5.50. The zero-order valence-corrected chi connectivity index (χ0v) is 13.6. The van der Waals surface area contributed by atoms with E-state index in [1.165, 1.54) is 38.8 Å². The average molecular weight is 283 g/mol. The van der Waals surface area contributed by atoms with Crippen molar-refractivity contribution in [2.45, 2.75) is 63.1 Å². The van der Waals surface area contributed by atoms with Crippen LogP contribution in [0.15, 0.2) is 0 Å². The van der Waals surface area contributed by atoms with Gasteiger partial charge in [0.1, 0.15) is 0 Å². The van der Waals surface area contributed by atoms with Gasteiger partial charge in [0.25, 0.3) is 0 Å². The molecule has 2 N–H and O–H groups in total. The van der Waals surface area contributed by atoms with Gasteiger partial charge in [-0.1, -0.05) is 13.3 Å². The van der Waals surface area contributed by atoms with Crippen molar-refractivity contribution in [3.63, 3.8) is 0 Å². The lowest BCUT2D eigenvalue weighted by Crippen LogP contribution is -2.61. The van der Waals surface area contributed by atoms with Gasteiger partial charge >= 0.3 is 0 Å². The SMILES string of the molecule is CCCC1CC(CN)(N(C)C2CCN(C)CC2)CCO1. The highest BCUT2D eigenvalue weighted by Crippen LogP contribution is 2.34. The summed E-state index contributed by atoms with van der Waals surface area (Å²) in [5, 5.41) is 0. The van der Waals surface area contributed by atoms with E-state index in [4.69, 9.17) is 10.5 Å². The molecule has 2 fully saturated rings. The minimum absolute atomic E-state index is 0.165. The molecule has 0 bridgehead atoms. The van der Waals surface area contributed by atoms with Crippen LogP contribution in [0.4, 0.5) is 0 Å². The summed E-state index contributed by atoms with van der Waals surface area (Å²) >= 11 is 0. The number of rotatable bonds is 5. The summed E-state index contributed by atoms with van der Waals surface area (Å²) in [4.78, 5) is 5.05. The fourth-order valence-electron chi connectivity index (χ4n) is 3.93. The molecule has 2 aliphatic rings. The second kappa shape index (κ2) is 7.21. The van der Waals surface area contributed by atoms with Crippen LogP contribution in [-0.4, -0.2) is 67.8 Å². The fourth-order valence-corrected chi connectivity index (χ4v) is 3.93. The summed E-state index contributed by atoms with van der Waals surface area (Å²) in [6.45, 7) is 6.30. The largest absolute Gasteiger partial charge is 0.378 e. The van der Waals surface area contributed by atoms with Crippen LogP contribution in [-0.2, 0) is 4.74 Å². The Hall–Kier alpha value is -0.160. The van der Waals surface area contributed by atoms with Crippen molar-refractivity contribution < 1.29 is 4.74 Å². The monoisotopic (exact) mass is 283 g/mol. The third-order valence-corrected chi connectivity index (χ3v) is 5.50. The minimum atomic E-state index is 0.165. The summed E-state index contributed by atoms with van der Waals surface area (Å²) in [7, 11) is 4.53. The van der Waals surface area contributed by atoms with Gasteiger partial charge < -0.3 is 15.4 Å². The van der Waals surface area contributed by atoms with Crippen LogP contribution in [0.5, 0.6) is 0 Å². The van der Waals surface area contributed by atoms with Gasteiger partial charge in [-0.05, 0) is 59.3 Å². The molecule has 0 aromatic heterocycles. The van der Waals surface area contributed by atoms with Gasteiger partial charge in [0.15, 0.2) is 0 Å². The molecule has 0 radical (unpaired) electrons. The van der Waals surface area contributed by atoms with Crippen LogP contribution in [0.25, 0.3) is 0 Å². The van der Waals surface area contributed by atoms with E-state index in [1.54, 1.807) is 0 Å². The molecule has 0 spiro atoms. The first-order valence-corrected chi connectivity index (χ1v) is 8.34. The second-order valence-electron chi connectivity index (χ2n) is 6.81. The van der Waals surface area contributed by atoms with Gasteiger partial charge in [-0.2, -0.15) is 0 Å². The molecule has 4 heteroatoms. The Kier molecular flexibility index (Phi) is 5.84. The summed E-state index contributed by atoms with van der Waals surface area (Å²) in [5.74, 6) is 0. The Balaban J connectivity index is 2.01. The van der Waals surface area contributed by atoms with Crippen molar-refractivity contribution in [2.24, 2.45) is 5.73 Å². The van der Waals surface area contributed by atoms with E-state index in [1.807, 2.05) is 0 Å². The van der Waals surface area contributed by atoms with Crippen LogP contribution < -0.4 is 5.73 Å². The summed E-state index contributed by atoms with van der Waals surface area (Å²) < 4.78 is 5.94. The number of likely N-dealkylation sites (N-methyl/N-ethyl adjacent to an activating group) is 1. The summed E-state index contributed by atoms with van der Waals surface area (Å²) in [6, 6.07) is 0.690. The molecule has 2 unspecified atom stereocenters. The number of nitrogens with two attached hydrogens (primary N) is 1. The van der Waals surface area contributed by atoms with Gasteiger partial charge in [-0.15, -0.1) is 0 Å². The van der Waals surface area contributed by atoms with Crippen LogP contribution in [0.3, 0.4) is 0 Å². The zero-order valence-electron chi connectivity index (χ0n) is 13.6. The lowest BCUT2D eigenvalue weighted by Gasteiger charge is -2.51. The Labute approximate surface area is 124 Å². The molecule has 2 atom stereocenters. The molecule has 4 nitrogen and oxygen atoms in total. The van der Waals surface area contributed by atoms with Crippen molar-refractivity contribution in [3.8, 4) is 0 Å². The number of likely N-dealkylation sites (tertiary alicyclic amines) is 1. The van der Waals surface area contributed by atoms with Crippen molar-refractivity contribution in [2.75, 3.05) is 40.3 Å². The number of hydrogen-bond acceptors (Lipinski definition) is 4. The smallest absolute Gasteiger partial charge is 0.0593 e. The second-order valence-corrected chi connectivity index (χ2v) is 6.81. The Morgan fingerprint density at radius 1 is 1.35 bits per heavy atom. The molecule has 2 aliphatic heterocycles. The molecule has 0 aliphatic carbocycles. The predicted molar refractivity (Wildman–Crippen MR) is 83.9 cm³/mol. The Morgan fingerprint density at radius 3 is 2.65 bits per heavy atom. The highest BCUT2D eigenvalue weighted by atomic mass is 16.5. The maximum absolute atomic E-state index is 6.22. The maximum Gasteiger partial charge on any atom is 0.0593 e. The topological polar surface area (TPSA) is 41.7 Å². The molecular weight excluding hydrogens is 250 g/mol. The standard InChI is InChI=1S/C16H33N3O/c1-4-5-15-12-16(13-17,8-11-20-15)19(3)14-6-9-18(2)10-7-14/h14-15H,4-13,17H2,1-3H3. The molecule has 118 valence electrons. The van der Waals surface area contributed by atoms with E-state index in [0.29, 0.717) is 12.1 Å². The third kappa shape index (κ3) is 3.53. The number of piperidine rings is 1. The van der Waals surface area contributed by atoms with Crippen LogP contribution in [0, 0.1) is 0 Å². The Morgan fingerprint density at radius 2 is 2.05 bits per heavy atom. The Bertz CT molecular complexity index is 289. The number of ether oxygens (including phenoxy) is 1. The average Bonchev–Trinajstić information content (AvgIpc) is 2.48. The van der Waals surface area contributed by atoms with Crippen LogP contribution in [0.1, 0.15) is 45.4 Å². The number of hydrogen-bond donors (Lipinski definition) is 1. The van der Waals surface area contributed by atoms with Gasteiger partial charge in [0.05, 0.1) is 6.10 Å². The first-order valence-electron chi connectivity index (χ1n) is 8.34. The van der Waals surface area contributed by atoms with E-state index >= 15 is 0 Å². The summed E-state index contributed by atoms with van der Waals surface area (Å²) in [6.07, 6.45) is 7.52. The lowest BCUT2D eigenvalue weighted by atomic mass is 9.82. The van der Waals surface area contributed by atoms with E-state index in [-0.39, 0.29) is 5.54 Å². The predicted octanol–water partition coefficient (Wildman–Crippen LogP) is 1.69. The molecule has 20 heavy (non-hydrogen) atoms. The molecule has 2 heterocycles. The zero-order chi connectivity index (χ0) is 14.6. The first kappa shape index (κ1) is 16.2. The van der Waals surface area contributed by atoms with Gasteiger partial charge in [-0.3, -0.25) is 4.90 Å². The van der Waals surface area contributed by atoms with Gasteiger partial charge in [0, 0.05) is 24.7 Å². The molecule has 2 saturated heterocycles. The molecule has 2 rings (SSSR count). The minimum Gasteiger partial charge on any atom is -0.378 e. The molecule has 0 aromatic rings. The van der Waals surface area contributed by atoms with Crippen molar-refractivity contribution in [1.29, 1.82) is 0 Å². The fraction of sp³-hybridized carbons (Fsp3) is 1.00. The highest BCUT2D eigenvalue weighted by Gasteiger charge is 2.41. The quantitative estimate of drug-likeness (QED) is 0.834. The molecule has 0 saturated carbocycles. The maximum atomic E-state index is 6.22. The van der Waals surface area contributed by atoms with Crippen LogP contribution in [0.2, 0.25) is 0 Å². The van der Waals surface area contributed by atoms with Crippen molar-refractivity contribution >= 4 is 0 Å². The van der Waals surface area contributed by atoms with Crippen molar-refractivity contribution in [3.05, 3.63) is 0 Å². The van der Waals surface area contributed by atoms with Gasteiger partial charge in [0.2, 0.25) is 0 Å². The summed E-state index contributed by atoms with van der Waals surface area (Å²) in [5.41, 5.74) is 6.39.